The summed E-state index contributed by atoms with van der Waals surface area (Å²) in [5.74, 6) is -1.66. The molecule has 0 aromatic heterocycles. The van der Waals surface area contributed by atoms with E-state index < -0.39 is 17.9 Å². The molecule has 1 rings (SSSR count). The van der Waals surface area contributed by atoms with E-state index in [2.05, 4.69) is 12.2 Å². The number of hydrogen-bond acceptors (Lipinski definition) is 5. The van der Waals surface area contributed by atoms with Gasteiger partial charge in [0.25, 0.3) is 0 Å². The van der Waals surface area contributed by atoms with Crippen LogP contribution in [0, 0.1) is 11.8 Å². The number of nitrogens with two attached hydrogens (primary N) is 1. The summed E-state index contributed by atoms with van der Waals surface area (Å²) in [7, 11) is 0. The lowest BCUT2D eigenvalue weighted by Gasteiger charge is -2.31. The van der Waals surface area contributed by atoms with Gasteiger partial charge in [0.2, 0.25) is 17.7 Å². The maximum Gasteiger partial charge on any atom is 0.245 e. The van der Waals surface area contributed by atoms with Crippen molar-refractivity contribution in [1.29, 1.82) is 0 Å². The molecule has 0 aliphatic carbocycles. The second kappa shape index (κ2) is 11.9. The lowest BCUT2D eigenvalue weighted by atomic mass is 9.94. The van der Waals surface area contributed by atoms with Crippen LogP contribution in [0.3, 0.4) is 0 Å². The molecule has 0 spiro atoms. The minimum atomic E-state index is -0.643. The monoisotopic (exact) mass is 384 g/mol. The zero-order valence-electron chi connectivity index (χ0n) is 16.9. The Bertz CT molecular complexity index is 498. The highest BCUT2D eigenvalue weighted by atomic mass is 16.5. The van der Waals surface area contributed by atoms with Gasteiger partial charge in [-0.25, -0.2) is 5.48 Å². The van der Waals surface area contributed by atoms with Gasteiger partial charge in [-0.1, -0.05) is 40.0 Å². The van der Waals surface area contributed by atoms with Crippen LogP contribution in [0.2, 0.25) is 0 Å². The van der Waals surface area contributed by atoms with Crippen LogP contribution in [-0.2, 0) is 14.4 Å². The SMILES string of the molecule is CCCCC[C@H](CC(=O)NO)C(=O)N[C@H](C(=O)N1CCC[C@H]1CN)C(C)C. The van der Waals surface area contributed by atoms with Crippen LogP contribution in [0.5, 0.6) is 0 Å². The molecule has 1 saturated heterocycles. The van der Waals surface area contributed by atoms with Gasteiger partial charge < -0.3 is 16.0 Å². The van der Waals surface area contributed by atoms with Crippen LogP contribution in [-0.4, -0.2) is 53.0 Å². The highest BCUT2D eigenvalue weighted by Gasteiger charge is 2.35. The van der Waals surface area contributed by atoms with Crippen molar-refractivity contribution in [2.75, 3.05) is 13.1 Å². The van der Waals surface area contributed by atoms with Crippen molar-refractivity contribution in [2.24, 2.45) is 17.6 Å². The molecule has 1 aliphatic rings. The second-order valence-electron chi connectivity index (χ2n) is 7.73. The topological polar surface area (TPSA) is 125 Å². The van der Waals surface area contributed by atoms with Crippen molar-refractivity contribution in [3.8, 4) is 0 Å². The molecule has 156 valence electrons. The Morgan fingerprint density at radius 1 is 1.26 bits per heavy atom. The van der Waals surface area contributed by atoms with Crippen LogP contribution in [0.15, 0.2) is 0 Å². The molecule has 0 aromatic rings. The van der Waals surface area contributed by atoms with Gasteiger partial charge >= 0.3 is 0 Å². The fraction of sp³-hybridized carbons (Fsp3) is 0.842. The van der Waals surface area contributed by atoms with E-state index in [4.69, 9.17) is 10.9 Å². The Labute approximate surface area is 162 Å². The third kappa shape index (κ3) is 7.10. The summed E-state index contributed by atoms with van der Waals surface area (Å²) in [6.45, 7) is 6.92. The number of amides is 3. The van der Waals surface area contributed by atoms with E-state index in [1.54, 1.807) is 10.4 Å². The molecule has 0 saturated carbocycles. The van der Waals surface area contributed by atoms with E-state index >= 15 is 0 Å². The zero-order chi connectivity index (χ0) is 20.4. The quantitative estimate of drug-likeness (QED) is 0.242. The Hall–Kier alpha value is -1.67. The molecule has 0 unspecified atom stereocenters. The van der Waals surface area contributed by atoms with Crippen molar-refractivity contribution in [2.45, 2.75) is 77.8 Å². The fourth-order valence-electron chi connectivity index (χ4n) is 3.57. The molecule has 1 aliphatic heterocycles. The minimum absolute atomic E-state index is 0.0242. The van der Waals surface area contributed by atoms with Gasteiger partial charge in [-0.2, -0.15) is 0 Å². The van der Waals surface area contributed by atoms with Crippen molar-refractivity contribution >= 4 is 17.7 Å². The van der Waals surface area contributed by atoms with Crippen LogP contribution in [0.1, 0.15) is 65.7 Å². The van der Waals surface area contributed by atoms with Crippen molar-refractivity contribution in [1.82, 2.24) is 15.7 Å². The summed E-state index contributed by atoms with van der Waals surface area (Å²) >= 11 is 0. The molecule has 0 bridgehead atoms. The van der Waals surface area contributed by atoms with E-state index in [1.165, 1.54) is 0 Å². The molecular formula is C19H36N4O4. The molecule has 8 nitrogen and oxygen atoms in total. The summed E-state index contributed by atoms with van der Waals surface area (Å²) in [5, 5.41) is 11.7. The molecule has 1 heterocycles. The van der Waals surface area contributed by atoms with E-state index in [1.807, 2.05) is 13.8 Å². The fourth-order valence-corrected chi connectivity index (χ4v) is 3.57. The van der Waals surface area contributed by atoms with E-state index in [9.17, 15) is 14.4 Å². The highest BCUT2D eigenvalue weighted by molar-refractivity contribution is 5.91. The van der Waals surface area contributed by atoms with Crippen LogP contribution < -0.4 is 16.5 Å². The van der Waals surface area contributed by atoms with Gasteiger partial charge in [-0.05, 0) is 25.2 Å². The van der Waals surface area contributed by atoms with Gasteiger partial charge in [-0.3, -0.25) is 19.6 Å². The van der Waals surface area contributed by atoms with Crippen molar-refractivity contribution in [3.05, 3.63) is 0 Å². The molecule has 27 heavy (non-hydrogen) atoms. The molecule has 3 atom stereocenters. The summed E-state index contributed by atoms with van der Waals surface area (Å²) in [5.41, 5.74) is 7.37. The lowest BCUT2D eigenvalue weighted by Crippen LogP contribution is -2.54. The highest BCUT2D eigenvalue weighted by Crippen LogP contribution is 2.20. The van der Waals surface area contributed by atoms with Crippen LogP contribution in [0.4, 0.5) is 0 Å². The molecule has 3 amide bonds. The Morgan fingerprint density at radius 3 is 2.52 bits per heavy atom. The second-order valence-corrected chi connectivity index (χ2v) is 7.73. The van der Waals surface area contributed by atoms with Gasteiger partial charge in [0.15, 0.2) is 0 Å². The third-order valence-corrected chi connectivity index (χ3v) is 5.25. The first-order valence-corrected chi connectivity index (χ1v) is 10.1. The van der Waals surface area contributed by atoms with E-state index in [0.717, 1.165) is 32.1 Å². The maximum atomic E-state index is 13.0. The summed E-state index contributed by atoms with van der Waals surface area (Å²) in [4.78, 5) is 39.1. The molecule has 1 fully saturated rings. The van der Waals surface area contributed by atoms with Gasteiger partial charge in [0.1, 0.15) is 6.04 Å². The maximum absolute atomic E-state index is 13.0. The average Bonchev–Trinajstić information content (AvgIpc) is 3.13. The average molecular weight is 385 g/mol. The van der Waals surface area contributed by atoms with Crippen LogP contribution >= 0.6 is 0 Å². The number of hydrogen-bond donors (Lipinski definition) is 4. The lowest BCUT2D eigenvalue weighted by molar-refractivity contribution is -0.140. The van der Waals surface area contributed by atoms with Gasteiger partial charge in [0, 0.05) is 31.5 Å². The molecular weight excluding hydrogens is 348 g/mol. The molecule has 0 radical (unpaired) electrons. The molecule has 0 aromatic carbocycles. The first-order chi connectivity index (χ1) is 12.8. The summed E-state index contributed by atoms with van der Waals surface area (Å²) < 4.78 is 0. The Morgan fingerprint density at radius 2 is 1.96 bits per heavy atom. The minimum Gasteiger partial charge on any atom is -0.344 e. The largest absolute Gasteiger partial charge is 0.344 e. The predicted octanol–water partition coefficient (Wildman–Crippen LogP) is 1.17. The first kappa shape index (κ1) is 23.4. The number of carbonyl (C=O) groups is 3. The number of likely N-dealkylation sites (tertiary alicyclic amines) is 1. The number of nitrogens with one attached hydrogen (secondary N) is 2. The van der Waals surface area contributed by atoms with Crippen LogP contribution in [0.25, 0.3) is 0 Å². The number of carbonyl (C=O) groups excluding carboxylic acids is 3. The van der Waals surface area contributed by atoms with Gasteiger partial charge in [-0.15, -0.1) is 0 Å². The summed E-state index contributed by atoms with van der Waals surface area (Å²) in [6, 6.07) is -0.619. The normalized spacial score (nSPS) is 19.0. The van der Waals surface area contributed by atoms with Crippen molar-refractivity contribution in [3.63, 3.8) is 0 Å². The Kier molecular flexibility index (Phi) is 10.3. The summed E-state index contributed by atoms with van der Waals surface area (Å²) in [6.07, 6.45) is 5.03. The van der Waals surface area contributed by atoms with Crippen molar-refractivity contribution < 1.29 is 19.6 Å². The van der Waals surface area contributed by atoms with E-state index in [0.29, 0.717) is 19.5 Å². The first-order valence-electron chi connectivity index (χ1n) is 10.1. The standard InChI is InChI=1S/C19H36N4O4/c1-4-5-6-8-14(11-16(24)22-27)18(25)21-17(13(2)3)19(26)23-10-7-9-15(23)12-20/h13-15,17,27H,4-12,20H2,1-3H3,(H,21,25)(H,22,24)/t14-,15+,17+/m1/s1. The molecule has 5 N–H and O–H groups in total. The number of nitrogens with zero attached hydrogens (tertiary/aromatic N) is 1. The molecule has 8 heteroatoms. The van der Waals surface area contributed by atoms with Gasteiger partial charge in [0.05, 0.1) is 0 Å². The number of rotatable bonds is 11. The zero-order valence-corrected chi connectivity index (χ0v) is 16.9. The third-order valence-electron chi connectivity index (χ3n) is 5.25. The predicted molar refractivity (Wildman–Crippen MR) is 103 cm³/mol. The smallest absolute Gasteiger partial charge is 0.245 e. The number of hydroxylamine groups is 1. The van der Waals surface area contributed by atoms with E-state index in [-0.39, 0.29) is 30.2 Å². The Balaban J connectivity index is 2.82. The number of unbranched alkanes of at least 4 members (excludes halogenated alkanes) is 2.